The van der Waals surface area contributed by atoms with Crippen LogP contribution in [0, 0.1) is 0 Å². The van der Waals surface area contributed by atoms with E-state index in [9.17, 15) is 9.59 Å². The monoisotopic (exact) mass is 397 g/mol. The van der Waals surface area contributed by atoms with E-state index in [1.54, 1.807) is 24.3 Å². The first-order valence-corrected chi connectivity index (χ1v) is 9.67. The summed E-state index contributed by atoms with van der Waals surface area (Å²) in [7, 11) is 1.38. The van der Waals surface area contributed by atoms with Gasteiger partial charge in [0.25, 0.3) is 5.91 Å². The Bertz CT molecular complexity index is 980. The van der Waals surface area contributed by atoms with Gasteiger partial charge < -0.3 is 9.15 Å². The lowest BCUT2D eigenvalue weighted by atomic mass is 10.1. The number of rotatable bonds is 5. The van der Waals surface area contributed by atoms with Gasteiger partial charge >= 0.3 is 5.97 Å². The number of thiazole rings is 1. The van der Waals surface area contributed by atoms with Gasteiger partial charge in [0.1, 0.15) is 0 Å². The molecule has 1 aliphatic rings. The van der Waals surface area contributed by atoms with Crippen LogP contribution in [0.25, 0.3) is 0 Å². The number of esters is 1. The average Bonchev–Trinajstić information content (AvgIpc) is 3.37. The van der Waals surface area contributed by atoms with Gasteiger partial charge in [0.05, 0.1) is 24.6 Å². The van der Waals surface area contributed by atoms with Crippen LogP contribution in [-0.4, -0.2) is 35.4 Å². The molecule has 1 aromatic carbocycles. The molecule has 28 heavy (non-hydrogen) atoms. The number of aromatic nitrogens is 1. The van der Waals surface area contributed by atoms with Gasteiger partial charge in [-0.2, -0.15) is 0 Å². The van der Waals surface area contributed by atoms with E-state index in [1.807, 2.05) is 12.1 Å². The van der Waals surface area contributed by atoms with Crippen molar-refractivity contribution in [3.05, 3.63) is 70.1 Å². The Morgan fingerprint density at radius 3 is 2.82 bits per heavy atom. The van der Waals surface area contributed by atoms with Crippen molar-refractivity contribution in [3.63, 3.8) is 0 Å². The molecular formula is C20H19N3O4S. The van der Waals surface area contributed by atoms with Crippen molar-refractivity contribution in [2.24, 2.45) is 0 Å². The minimum atomic E-state index is -0.331. The van der Waals surface area contributed by atoms with Crippen molar-refractivity contribution in [2.45, 2.75) is 19.5 Å². The minimum absolute atomic E-state index is 0.269. The summed E-state index contributed by atoms with van der Waals surface area (Å²) in [6.07, 6.45) is 2.31. The number of carbonyl (C=O) groups excluding carboxylic acids is 2. The van der Waals surface area contributed by atoms with Crippen molar-refractivity contribution in [1.29, 1.82) is 0 Å². The molecule has 0 radical (unpaired) electrons. The van der Waals surface area contributed by atoms with Gasteiger partial charge in [-0.3, -0.25) is 15.0 Å². The van der Waals surface area contributed by atoms with Gasteiger partial charge in [0.2, 0.25) is 0 Å². The maximum atomic E-state index is 12.1. The van der Waals surface area contributed by atoms with Gasteiger partial charge in [-0.1, -0.05) is 12.1 Å². The molecule has 0 spiro atoms. The summed E-state index contributed by atoms with van der Waals surface area (Å²) in [6.45, 7) is 2.45. The Balaban J connectivity index is 1.39. The number of ether oxygens (including phenoxy) is 1. The summed E-state index contributed by atoms with van der Waals surface area (Å²) < 4.78 is 9.84. The molecular weight excluding hydrogens is 378 g/mol. The summed E-state index contributed by atoms with van der Waals surface area (Å²) in [4.78, 5) is 31.7. The van der Waals surface area contributed by atoms with Crippen molar-refractivity contribution < 1.29 is 18.7 Å². The van der Waals surface area contributed by atoms with Crippen LogP contribution in [0.2, 0.25) is 0 Å². The second kappa shape index (κ2) is 7.95. The topological polar surface area (TPSA) is 84.7 Å². The van der Waals surface area contributed by atoms with Crippen molar-refractivity contribution in [3.8, 4) is 0 Å². The van der Waals surface area contributed by atoms with Crippen LogP contribution in [-0.2, 0) is 24.2 Å². The van der Waals surface area contributed by atoms with E-state index in [-0.39, 0.29) is 17.6 Å². The fraction of sp³-hybridized carbons (Fsp3) is 0.250. The molecule has 144 valence electrons. The summed E-state index contributed by atoms with van der Waals surface area (Å²) in [5.74, 6) is -0.355. The number of anilines is 1. The molecule has 3 aromatic rings. The fourth-order valence-electron chi connectivity index (χ4n) is 3.13. The summed E-state index contributed by atoms with van der Waals surface area (Å²) in [6, 6.07) is 10.8. The Kier molecular flexibility index (Phi) is 5.23. The zero-order valence-electron chi connectivity index (χ0n) is 15.3. The Labute approximate surface area is 165 Å². The van der Waals surface area contributed by atoms with E-state index >= 15 is 0 Å². The number of furan rings is 1. The third-order valence-electron chi connectivity index (χ3n) is 4.56. The molecule has 0 saturated heterocycles. The lowest BCUT2D eigenvalue weighted by molar-refractivity contribution is 0.0600. The molecule has 0 aliphatic carbocycles. The molecule has 0 saturated carbocycles. The second-order valence-electron chi connectivity index (χ2n) is 6.47. The Hall–Kier alpha value is -2.97. The fourth-order valence-corrected chi connectivity index (χ4v) is 4.17. The zero-order chi connectivity index (χ0) is 19.5. The predicted molar refractivity (Wildman–Crippen MR) is 104 cm³/mol. The van der Waals surface area contributed by atoms with Crippen LogP contribution in [0.15, 0.2) is 47.1 Å². The first kappa shape index (κ1) is 18.4. The second-order valence-corrected chi connectivity index (χ2v) is 7.55. The summed E-state index contributed by atoms with van der Waals surface area (Å²) >= 11 is 1.50. The van der Waals surface area contributed by atoms with E-state index in [1.165, 1.54) is 24.7 Å². The molecule has 7 nitrogen and oxygen atoms in total. The molecule has 8 heteroatoms. The first-order chi connectivity index (χ1) is 13.6. The SMILES string of the molecule is COC(=O)c1ccc(CN2CCc3nc(NC(=O)c4ccco4)sc3C2)cc1. The summed E-state index contributed by atoms with van der Waals surface area (Å²) in [5.41, 5.74) is 2.72. The quantitative estimate of drug-likeness (QED) is 0.665. The van der Waals surface area contributed by atoms with Crippen LogP contribution in [0.3, 0.4) is 0 Å². The van der Waals surface area contributed by atoms with E-state index < -0.39 is 0 Å². The van der Waals surface area contributed by atoms with Crippen molar-refractivity contribution >= 4 is 28.3 Å². The molecule has 0 unspecified atom stereocenters. The van der Waals surface area contributed by atoms with Crippen molar-refractivity contribution in [2.75, 3.05) is 19.0 Å². The number of methoxy groups -OCH3 is 1. The van der Waals surface area contributed by atoms with Crippen LogP contribution < -0.4 is 5.32 Å². The molecule has 2 aromatic heterocycles. The van der Waals surface area contributed by atoms with Gasteiger partial charge in [-0.05, 0) is 29.8 Å². The molecule has 3 heterocycles. The lowest BCUT2D eigenvalue weighted by Gasteiger charge is -2.25. The smallest absolute Gasteiger partial charge is 0.337 e. The first-order valence-electron chi connectivity index (χ1n) is 8.85. The number of benzene rings is 1. The number of nitrogens with one attached hydrogen (secondary N) is 1. The van der Waals surface area contributed by atoms with Crippen LogP contribution in [0.4, 0.5) is 5.13 Å². The standard InChI is InChI=1S/C20H19N3O4S/c1-26-19(25)14-6-4-13(5-7-14)11-23-9-8-15-17(12-23)28-20(21-15)22-18(24)16-3-2-10-27-16/h2-7,10H,8-9,11-12H2,1H3,(H,21,22,24). The summed E-state index contributed by atoms with van der Waals surface area (Å²) in [5, 5.41) is 3.39. The molecule has 1 amide bonds. The predicted octanol–water partition coefficient (Wildman–Crippen LogP) is 3.33. The van der Waals surface area contributed by atoms with E-state index in [0.717, 1.165) is 42.2 Å². The van der Waals surface area contributed by atoms with Crippen LogP contribution in [0.5, 0.6) is 0 Å². The number of fused-ring (bicyclic) bond motifs is 1. The Morgan fingerprint density at radius 1 is 1.29 bits per heavy atom. The van der Waals surface area contributed by atoms with Crippen LogP contribution in [0.1, 0.15) is 37.0 Å². The molecule has 0 fully saturated rings. The van der Waals surface area contributed by atoms with E-state index in [0.29, 0.717) is 10.7 Å². The van der Waals surface area contributed by atoms with Crippen molar-refractivity contribution in [1.82, 2.24) is 9.88 Å². The number of nitrogens with zero attached hydrogens (tertiary/aromatic N) is 2. The maximum Gasteiger partial charge on any atom is 0.337 e. The molecule has 1 aliphatic heterocycles. The highest BCUT2D eigenvalue weighted by Crippen LogP contribution is 2.29. The molecule has 1 N–H and O–H groups in total. The third-order valence-corrected chi connectivity index (χ3v) is 5.55. The third kappa shape index (κ3) is 3.97. The molecule has 4 rings (SSSR count). The highest BCUT2D eigenvalue weighted by molar-refractivity contribution is 7.15. The number of amides is 1. The van der Waals surface area contributed by atoms with Crippen LogP contribution >= 0.6 is 11.3 Å². The van der Waals surface area contributed by atoms with Gasteiger partial charge in [-0.15, -0.1) is 11.3 Å². The highest BCUT2D eigenvalue weighted by atomic mass is 32.1. The average molecular weight is 397 g/mol. The van der Waals surface area contributed by atoms with Gasteiger partial charge in [0, 0.05) is 30.9 Å². The number of hydrogen-bond donors (Lipinski definition) is 1. The largest absolute Gasteiger partial charge is 0.465 e. The molecule has 0 atom stereocenters. The lowest BCUT2D eigenvalue weighted by Crippen LogP contribution is -2.29. The van der Waals surface area contributed by atoms with E-state index in [2.05, 4.69) is 15.2 Å². The zero-order valence-corrected chi connectivity index (χ0v) is 16.1. The van der Waals surface area contributed by atoms with Gasteiger partial charge in [-0.25, -0.2) is 9.78 Å². The maximum absolute atomic E-state index is 12.1. The number of carbonyl (C=O) groups is 2. The normalized spacial score (nSPS) is 13.8. The Morgan fingerprint density at radius 2 is 2.11 bits per heavy atom. The number of hydrogen-bond acceptors (Lipinski definition) is 7. The van der Waals surface area contributed by atoms with Gasteiger partial charge in [0.15, 0.2) is 10.9 Å². The molecule has 0 bridgehead atoms. The minimum Gasteiger partial charge on any atom is -0.465 e. The van der Waals surface area contributed by atoms with E-state index in [4.69, 9.17) is 9.15 Å². The highest BCUT2D eigenvalue weighted by Gasteiger charge is 2.22.